The summed E-state index contributed by atoms with van der Waals surface area (Å²) in [6, 6.07) is 0.0735. The molecule has 1 atom stereocenters. The van der Waals surface area contributed by atoms with E-state index < -0.39 is 15.8 Å². The minimum atomic E-state index is -2.82. The van der Waals surface area contributed by atoms with E-state index in [1.54, 1.807) is 0 Å². The number of rotatable bonds is 4. The lowest BCUT2D eigenvalue weighted by Crippen LogP contribution is -2.90. The third-order valence-electron chi connectivity index (χ3n) is 2.13. The van der Waals surface area contributed by atoms with Crippen LogP contribution in [0.5, 0.6) is 0 Å². The van der Waals surface area contributed by atoms with E-state index in [0.29, 0.717) is 13.0 Å². The first-order valence-electron chi connectivity index (χ1n) is 4.25. The van der Waals surface area contributed by atoms with Crippen LogP contribution in [0.15, 0.2) is 0 Å². The van der Waals surface area contributed by atoms with Gasteiger partial charge in [0.1, 0.15) is 11.8 Å². The van der Waals surface area contributed by atoms with Gasteiger partial charge in [0.15, 0.2) is 9.84 Å². The molecule has 13 heavy (non-hydrogen) atoms. The zero-order valence-electron chi connectivity index (χ0n) is 7.27. The first-order valence-corrected chi connectivity index (χ1v) is 6.07. The van der Waals surface area contributed by atoms with E-state index in [1.807, 2.05) is 5.32 Å². The molecule has 0 bridgehead atoms. The zero-order chi connectivity index (χ0) is 9.90. The fraction of sp³-hybridized carbons (Fsp3) is 0.857. The second-order valence-corrected chi connectivity index (χ2v) is 5.56. The van der Waals surface area contributed by atoms with Gasteiger partial charge >= 0.3 is 5.97 Å². The van der Waals surface area contributed by atoms with Gasteiger partial charge in [-0.25, -0.2) is 8.42 Å². The van der Waals surface area contributed by atoms with Crippen molar-refractivity contribution < 1.29 is 23.6 Å². The largest absolute Gasteiger partial charge is 0.481 e. The Hall–Kier alpha value is -0.620. The summed E-state index contributed by atoms with van der Waals surface area (Å²) >= 11 is 0. The van der Waals surface area contributed by atoms with E-state index >= 15 is 0 Å². The Morgan fingerprint density at radius 2 is 2.23 bits per heavy atom. The second-order valence-electron chi connectivity index (χ2n) is 3.33. The number of quaternary nitrogens is 1. The molecule has 0 radical (unpaired) electrons. The summed E-state index contributed by atoms with van der Waals surface area (Å²) in [6.07, 6.45) is 0.749. The highest BCUT2D eigenvalue weighted by Gasteiger charge is 2.30. The van der Waals surface area contributed by atoms with Gasteiger partial charge in [-0.05, 0) is 0 Å². The van der Waals surface area contributed by atoms with Gasteiger partial charge in [-0.2, -0.15) is 0 Å². The molecular formula is C7H14NO4S+. The normalized spacial score (nSPS) is 26.0. The lowest BCUT2D eigenvalue weighted by atomic mass is 10.2. The van der Waals surface area contributed by atoms with Gasteiger partial charge in [0.25, 0.3) is 0 Å². The minimum Gasteiger partial charge on any atom is -0.481 e. The average molecular weight is 208 g/mol. The van der Waals surface area contributed by atoms with E-state index in [-0.39, 0.29) is 24.0 Å². The molecule has 1 fully saturated rings. The van der Waals surface area contributed by atoms with E-state index in [4.69, 9.17) is 5.11 Å². The van der Waals surface area contributed by atoms with E-state index in [2.05, 4.69) is 0 Å². The number of carbonyl (C=O) groups is 1. The zero-order valence-corrected chi connectivity index (χ0v) is 8.09. The van der Waals surface area contributed by atoms with Crippen molar-refractivity contribution in [1.29, 1.82) is 0 Å². The molecule has 1 rings (SSSR count). The van der Waals surface area contributed by atoms with Crippen LogP contribution in [0.2, 0.25) is 0 Å². The quantitative estimate of drug-likeness (QED) is 0.571. The van der Waals surface area contributed by atoms with Crippen molar-refractivity contribution in [3.05, 3.63) is 0 Å². The monoisotopic (exact) mass is 208 g/mol. The number of hydrogen-bond donors (Lipinski definition) is 2. The van der Waals surface area contributed by atoms with Gasteiger partial charge in [-0.3, -0.25) is 4.79 Å². The van der Waals surface area contributed by atoms with Gasteiger partial charge in [0.05, 0.1) is 18.7 Å². The average Bonchev–Trinajstić information content (AvgIpc) is 2.29. The Labute approximate surface area is 77.1 Å². The predicted octanol–water partition coefficient (Wildman–Crippen LogP) is -1.79. The van der Waals surface area contributed by atoms with Crippen molar-refractivity contribution in [2.45, 2.75) is 18.9 Å². The third-order valence-corrected chi connectivity index (χ3v) is 3.92. The van der Waals surface area contributed by atoms with Crippen LogP contribution in [-0.2, 0) is 14.6 Å². The second kappa shape index (κ2) is 4.06. The Morgan fingerprint density at radius 3 is 2.69 bits per heavy atom. The number of aliphatic carboxylic acids is 1. The maximum absolute atomic E-state index is 11.0. The predicted molar refractivity (Wildman–Crippen MR) is 46.1 cm³/mol. The molecule has 0 saturated carbocycles. The third kappa shape index (κ3) is 3.73. The first-order chi connectivity index (χ1) is 5.99. The van der Waals surface area contributed by atoms with Crippen LogP contribution in [0.25, 0.3) is 0 Å². The van der Waals surface area contributed by atoms with E-state index in [0.717, 1.165) is 0 Å². The van der Waals surface area contributed by atoms with Gasteiger partial charge in [-0.15, -0.1) is 0 Å². The van der Waals surface area contributed by atoms with Gasteiger partial charge in [0.2, 0.25) is 0 Å². The number of hydrogen-bond acceptors (Lipinski definition) is 3. The number of sulfone groups is 1. The number of nitrogens with two attached hydrogens (primary N) is 1. The SMILES string of the molecule is O=C(O)CC[NH2+]C1CCS(=O)(=O)C1. The van der Waals surface area contributed by atoms with Crippen molar-refractivity contribution in [2.75, 3.05) is 18.1 Å². The van der Waals surface area contributed by atoms with Gasteiger partial charge < -0.3 is 10.4 Å². The Morgan fingerprint density at radius 1 is 1.54 bits per heavy atom. The smallest absolute Gasteiger partial charge is 0.309 e. The van der Waals surface area contributed by atoms with Gasteiger partial charge in [0, 0.05) is 6.42 Å². The maximum atomic E-state index is 11.0. The molecule has 76 valence electrons. The molecule has 3 N–H and O–H groups in total. The molecule has 0 aliphatic carbocycles. The summed E-state index contributed by atoms with van der Waals surface area (Å²) < 4.78 is 22.0. The Balaban J connectivity index is 2.22. The molecule has 0 spiro atoms. The first kappa shape index (κ1) is 10.5. The van der Waals surface area contributed by atoms with Crippen LogP contribution < -0.4 is 5.32 Å². The molecule has 6 heteroatoms. The van der Waals surface area contributed by atoms with E-state index in [9.17, 15) is 13.2 Å². The number of carboxylic acids is 1. The minimum absolute atomic E-state index is 0.0735. The van der Waals surface area contributed by atoms with Crippen LogP contribution in [-0.4, -0.2) is 43.6 Å². The van der Waals surface area contributed by atoms with Gasteiger partial charge in [-0.1, -0.05) is 0 Å². The summed E-state index contributed by atoms with van der Waals surface area (Å²) in [6.45, 7) is 0.468. The molecule has 0 aromatic rings. The molecule has 0 aromatic heterocycles. The van der Waals surface area contributed by atoms with Crippen LogP contribution in [0.3, 0.4) is 0 Å². The highest BCUT2D eigenvalue weighted by atomic mass is 32.2. The summed E-state index contributed by atoms with van der Waals surface area (Å²) in [5.41, 5.74) is 0. The van der Waals surface area contributed by atoms with Crippen molar-refractivity contribution >= 4 is 15.8 Å². The molecule has 5 nitrogen and oxygen atoms in total. The number of carboxylic acid groups (broad SMARTS) is 1. The summed E-state index contributed by atoms with van der Waals surface area (Å²) in [5.74, 6) is -0.384. The molecule has 1 saturated heterocycles. The summed E-state index contributed by atoms with van der Waals surface area (Å²) in [5, 5.41) is 10.2. The Bertz CT molecular complexity index is 285. The fourth-order valence-corrected chi connectivity index (χ4v) is 3.24. The Kier molecular flexibility index (Phi) is 3.27. The molecule has 1 unspecified atom stereocenters. The molecular weight excluding hydrogens is 194 g/mol. The van der Waals surface area contributed by atoms with Crippen molar-refractivity contribution in [3.63, 3.8) is 0 Å². The van der Waals surface area contributed by atoms with Crippen LogP contribution in [0.1, 0.15) is 12.8 Å². The summed E-state index contributed by atoms with van der Waals surface area (Å²) in [7, 11) is -2.82. The highest BCUT2D eigenvalue weighted by Crippen LogP contribution is 2.07. The lowest BCUT2D eigenvalue weighted by molar-refractivity contribution is -0.683. The fourth-order valence-electron chi connectivity index (χ4n) is 1.45. The standard InChI is InChI=1S/C7H13NO4S/c9-7(10)1-3-8-6-2-4-13(11,12)5-6/h6,8H,1-5H2,(H,9,10)/p+1. The summed E-state index contributed by atoms with van der Waals surface area (Å²) in [4.78, 5) is 10.2. The molecule has 0 amide bonds. The van der Waals surface area contributed by atoms with E-state index in [1.165, 1.54) is 0 Å². The maximum Gasteiger partial charge on any atom is 0.309 e. The van der Waals surface area contributed by atoms with Crippen molar-refractivity contribution in [2.24, 2.45) is 0 Å². The molecule has 0 aromatic carbocycles. The molecule has 1 aliphatic rings. The van der Waals surface area contributed by atoms with Crippen LogP contribution >= 0.6 is 0 Å². The van der Waals surface area contributed by atoms with Crippen molar-refractivity contribution in [1.82, 2.24) is 0 Å². The topological polar surface area (TPSA) is 88.0 Å². The van der Waals surface area contributed by atoms with Crippen LogP contribution in [0.4, 0.5) is 0 Å². The lowest BCUT2D eigenvalue weighted by Gasteiger charge is -2.04. The van der Waals surface area contributed by atoms with Crippen molar-refractivity contribution in [3.8, 4) is 0 Å². The highest BCUT2D eigenvalue weighted by molar-refractivity contribution is 7.91. The molecule has 1 heterocycles. The van der Waals surface area contributed by atoms with Crippen LogP contribution in [0, 0.1) is 0 Å². The molecule has 1 aliphatic heterocycles.